The van der Waals surface area contributed by atoms with E-state index in [-0.39, 0.29) is 17.5 Å². The summed E-state index contributed by atoms with van der Waals surface area (Å²) in [6, 6.07) is 3.70. The molecule has 0 radical (unpaired) electrons. The van der Waals surface area contributed by atoms with Crippen molar-refractivity contribution in [2.24, 2.45) is 0 Å². The molecule has 0 unspecified atom stereocenters. The minimum Gasteiger partial charge on any atom is -0.383 e. The SMILES string of the molecule is CCC(CC)N(CCOC)C(=O)C=Cc1c(F)cccc1F. The van der Waals surface area contributed by atoms with Crippen LogP contribution in [0.3, 0.4) is 0 Å². The van der Waals surface area contributed by atoms with E-state index in [1.54, 1.807) is 12.0 Å². The standard InChI is InChI=1S/C17H23F2NO2/c1-4-13(5-2)20(11-12-22-3)17(21)10-9-14-15(18)7-6-8-16(14)19/h6-10,13H,4-5,11-12H2,1-3H3. The van der Waals surface area contributed by atoms with E-state index < -0.39 is 11.6 Å². The van der Waals surface area contributed by atoms with Crippen LogP contribution in [0.15, 0.2) is 24.3 Å². The van der Waals surface area contributed by atoms with Gasteiger partial charge in [-0.05, 0) is 31.1 Å². The van der Waals surface area contributed by atoms with E-state index in [4.69, 9.17) is 4.74 Å². The van der Waals surface area contributed by atoms with Gasteiger partial charge in [0.15, 0.2) is 0 Å². The molecule has 0 fully saturated rings. The van der Waals surface area contributed by atoms with E-state index in [1.807, 2.05) is 13.8 Å². The van der Waals surface area contributed by atoms with E-state index in [0.29, 0.717) is 13.2 Å². The summed E-state index contributed by atoms with van der Waals surface area (Å²) in [6.07, 6.45) is 4.03. The Hall–Kier alpha value is -1.75. The highest BCUT2D eigenvalue weighted by molar-refractivity contribution is 5.92. The molecule has 0 saturated carbocycles. The summed E-state index contributed by atoms with van der Waals surface area (Å²) < 4.78 is 32.1. The molecule has 0 aromatic heterocycles. The molecule has 0 atom stereocenters. The van der Waals surface area contributed by atoms with Gasteiger partial charge in [0.1, 0.15) is 11.6 Å². The van der Waals surface area contributed by atoms with Gasteiger partial charge in [0.25, 0.3) is 0 Å². The Morgan fingerprint density at radius 1 is 1.27 bits per heavy atom. The van der Waals surface area contributed by atoms with Crippen LogP contribution in [0.5, 0.6) is 0 Å². The van der Waals surface area contributed by atoms with Gasteiger partial charge in [0, 0.05) is 31.3 Å². The van der Waals surface area contributed by atoms with Crippen molar-refractivity contribution in [1.29, 1.82) is 0 Å². The molecular formula is C17H23F2NO2. The zero-order valence-corrected chi connectivity index (χ0v) is 13.3. The number of nitrogens with zero attached hydrogens (tertiary/aromatic N) is 1. The first-order valence-electron chi connectivity index (χ1n) is 7.46. The summed E-state index contributed by atoms with van der Waals surface area (Å²) in [4.78, 5) is 14.0. The van der Waals surface area contributed by atoms with Crippen LogP contribution in [0.2, 0.25) is 0 Å². The Labute approximate surface area is 130 Å². The normalized spacial score (nSPS) is 11.4. The fraction of sp³-hybridized carbons (Fsp3) is 0.471. The Kier molecular flexibility index (Phi) is 7.74. The molecule has 1 aromatic carbocycles. The fourth-order valence-electron chi connectivity index (χ4n) is 2.31. The molecule has 0 N–H and O–H groups in total. The van der Waals surface area contributed by atoms with Crippen molar-refractivity contribution < 1.29 is 18.3 Å². The molecule has 0 saturated heterocycles. The first-order valence-corrected chi connectivity index (χ1v) is 7.46. The summed E-state index contributed by atoms with van der Waals surface area (Å²) in [5.41, 5.74) is -0.202. The minimum atomic E-state index is -0.685. The Morgan fingerprint density at radius 2 is 1.86 bits per heavy atom. The highest BCUT2D eigenvalue weighted by Crippen LogP contribution is 2.15. The van der Waals surface area contributed by atoms with Crippen molar-refractivity contribution >= 4 is 12.0 Å². The quantitative estimate of drug-likeness (QED) is 0.686. The lowest BCUT2D eigenvalue weighted by atomic mass is 10.1. The van der Waals surface area contributed by atoms with Crippen molar-refractivity contribution in [3.63, 3.8) is 0 Å². The number of halogens is 2. The van der Waals surface area contributed by atoms with Crippen LogP contribution >= 0.6 is 0 Å². The number of ether oxygens (including phenoxy) is 1. The molecule has 5 heteroatoms. The summed E-state index contributed by atoms with van der Waals surface area (Å²) in [7, 11) is 1.57. The van der Waals surface area contributed by atoms with Crippen LogP contribution in [0, 0.1) is 11.6 Å². The first kappa shape index (κ1) is 18.3. The third-order valence-corrected chi connectivity index (χ3v) is 3.59. The van der Waals surface area contributed by atoms with Crippen molar-refractivity contribution in [1.82, 2.24) is 4.90 Å². The second-order valence-electron chi connectivity index (χ2n) is 4.96. The second-order valence-corrected chi connectivity index (χ2v) is 4.96. The van der Waals surface area contributed by atoms with Crippen molar-refractivity contribution in [2.45, 2.75) is 32.7 Å². The minimum absolute atomic E-state index is 0.0813. The maximum atomic E-state index is 13.6. The van der Waals surface area contributed by atoms with Crippen LogP contribution in [-0.2, 0) is 9.53 Å². The van der Waals surface area contributed by atoms with Crippen molar-refractivity contribution in [2.75, 3.05) is 20.3 Å². The lowest BCUT2D eigenvalue weighted by molar-refractivity contribution is -0.129. The average molecular weight is 311 g/mol. The number of rotatable bonds is 8. The van der Waals surface area contributed by atoms with Gasteiger partial charge in [-0.1, -0.05) is 19.9 Å². The number of hydrogen-bond donors (Lipinski definition) is 0. The van der Waals surface area contributed by atoms with E-state index in [2.05, 4.69) is 0 Å². The zero-order chi connectivity index (χ0) is 16.5. The van der Waals surface area contributed by atoms with E-state index in [9.17, 15) is 13.6 Å². The summed E-state index contributed by atoms with van der Waals surface area (Å²) in [5, 5.41) is 0. The lowest BCUT2D eigenvalue weighted by Crippen LogP contribution is -2.40. The highest BCUT2D eigenvalue weighted by Gasteiger charge is 2.19. The molecule has 1 amide bonds. The van der Waals surface area contributed by atoms with E-state index in [1.165, 1.54) is 18.2 Å². The topological polar surface area (TPSA) is 29.5 Å². The molecule has 22 heavy (non-hydrogen) atoms. The molecule has 0 aliphatic rings. The van der Waals surface area contributed by atoms with Crippen LogP contribution in [-0.4, -0.2) is 37.1 Å². The van der Waals surface area contributed by atoms with Crippen LogP contribution in [0.1, 0.15) is 32.3 Å². The highest BCUT2D eigenvalue weighted by atomic mass is 19.1. The molecular weight excluding hydrogens is 288 g/mol. The van der Waals surface area contributed by atoms with Crippen LogP contribution in [0.4, 0.5) is 8.78 Å². The molecule has 0 spiro atoms. The van der Waals surface area contributed by atoms with E-state index in [0.717, 1.165) is 25.0 Å². The monoisotopic (exact) mass is 311 g/mol. The molecule has 1 aromatic rings. The summed E-state index contributed by atoms with van der Waals surface area (Å²) in [6.45, 7) is 4.87. The van der Waals surface area contributed by atoms with Gasteiger partial charge in [-0.2, -0.15) is 0 Å². The number of carbonyl (C=O) groups excluding carboxylic acids is 1. The van der Waals surface area contributed by atoms with Gasteiger partial charge < -0.3 is 9.64 Å². The molecule has 0 aliphatic carbocycles. The number of benzene rings is 1. The molecule has 1 rings (SSSR count). The van der Waals surface area contributed by atoms with Gasteiger partial charge in [0.05, 0.1) is 6.61 Å². The van der Waals surface area contributed by atoms with Gasteiger partial charge in [-0.3, -0.25) is 4.79 Å². The van der Waals surface area contributed by atoms with Gasteiger partial charge in [-0.25, -0.2) is 8.78 Å². The third-order valence-electron chi connectivity index (χ3n) is 3.59. The predicted molar refractivity (Wildman–Crippen MR) is 83.4 cm³/mol. The summed E-state index contributed by atoms with van der Waals surface area (Å²) in [5.74, 6) is -1.64. The Morgan fingerprint density at radius 3 is 2.36 bits per heavy atom. The Bertz CT molecular complexity index is 493. The van der Waals surface area contributed by atoms with E-state index >= 15 is 0 Å². The largest absolute Gasteiger partial charge is 0.383 e. The summed E-state index contributed by atoms with van der Waals surface area (Å²) >= 11 is 0. The number of amides is 1. The van der Waals surface area contributed by atoms with Crippen LogP contribution < -0.4 is 0 Å². The van der Waals surface area contributed by atoms with Gasteiger partial charge >= 0.3 is 0 Å². The number of hydrogen-bond acceptors (Lipinski definition) is 2. The second kappa shape index (κ2) is 9.30. The van der Waals surface area contributed by atoms with Crippen molar-refractivity contribution in [3.05, 3.63) is 41.5 Å². The first-order chi connectivity index (χ1) is 10.5. The van der Waals surface area contributed by atoms with Crippen molar-refractivity contribution in [3.8, 4) is 0 Å². The molecule has 0 aliphatic heterocycles. The molecule has 0 bridgehead atoms. The van der Waals surface area contributed by atoms with Gasteiger partial charge in [0.2, 0.25) is 5.91 Å². The molecule has 122 valence electrons. The zero-order valence-electron chi connectivity index (χ0n) is 13.3. The fourth-order valence-corrected chi connectivity index (χ4v) is 2.31. The maximum absolute atomic E-state index is 13.6. The average Bonchev–Trinajstić information content (AvgIpc) is 2.50. The van der Waals surface area contributed by atoms with Gasteiger partial charge in [-0.15, -0.1) is 0 Å². The lowest BCUT2D eigenvalue weighted by Gasteiger charge is -2.29. The Balaban J connectivity index is 2.92. The predicted octanol–water partition coefficient (Wildman–Crippen LogP) is 3.64. The molecule has 3 nitrogen and oxygen atoms in total. The van der Waals surface area contributed by atoms with Crippen LogP contribution in [0.25, 0.3) is 6.08 Å². The molecule has 0 heterocycles. The maximum Gasteiger partial charge on any atom is 0.246 e. The number of methoxy groups -OCH3 is 1. The smallest absolute Gasteiger partial charge is 0.246 e. The number of carbonyl (C=O) groups is 1. The third kappa shape index (κ3) is 4.91.